The van der Waals surface area contributed by atoms with Crippen LogP contribution in [-0.2, 0) is 4.79 Å². The highest BCUT2D eigenvalue weighted by atomic mass is 16.3. The smallest absolute Gasteiger partial charge is 0.220 e. The van der Waals surface area contributed by atoms with E-state index in [2.05, 4.69) is 12.2 Å². The summed E-state index contributed by atoms with van der Waals surface area (Å²) in [6, 6.07) is 0. The van der Waals surface area contributed by atoms with Crippen LogP contribution in [0.3, 0.4) is 0 Å². The number of rotatable bonds is 12. The van der Waals surface area contributed by atoms with E-state index < -0.39 is 11.6 Å². The molecule has 0 aromatic carbocycles. The molecule has 0 rings (SSSR count). The van der Waals surface area contributed by atoms with Crippen LogP contribution in [0, 0.1) is 0 Å². The number of amides is 1. The van der Waals surface area contributed by atoms with Crippen molar-refractivity contribution in [2.75, 3.05) is 0 Å². The molecule has 0 bridgehead atoms. The van der Waals surface area contributed by atoms with Crippen molar-refractivity contribution in [2.45, 2.75) is 104 Å². The molecule has 120 valence electrons. The highest BCUT2D eigenvalue weighted by Gasteiger charge is 2.25. The van der Waals surface area contributed by atoms with Crippen LogP contribution in [0.15, 0.2) is 0 Å². The third-order valence-electron chi connectivity index (χ3n) is 4.01. The monoisotopic (exact) mass is 285 g/mol. The topological polar surface area (TPSA) is 49.3 Å². The average molecular weight is 285 g/mol. The number of aliphatic hydroxyl groups excluding tert-OH is 1. The van der Waals surface area contributed by atoms with Crippen LogP contribution in [-0.4, -0.2) is 22.7 Å². The van der Waals surface area contributed by atoms with Crippen molar-refractivity contribution in [2.24, 2.45) is 0 Å². The number of hydrogen-bond acceptors (Lipinski definition) is 2. The summed E-state index contributed by atoms with van der Waals surface area (Å²) in [6.07, 6.45) is 11.4. The van der Waals surface area contributed by atoms with E-state index in [9.17, 15) is 9.90 Å². The second-order valence-electron chi connectivity index (χ2n) is 6.52. The third kappa shape index (κ3) is 10.2. The van der Waals surface area contributed by atoms with Gasteiger partial charge in [-0.25, -0.2) is 0 Å². The van der Waals surface area contributed by atoms with Crippen molar-refractivity contribution in [3.63, 3.8) is 0 Å². The van der Waals surface area contributed by atoms with E-state index in [0.29, 0.717) is 6.42 Å². The van der Waals surface area contributed by atoms with Crippen molar-refractivity contribution in [3.8, 4) is 0 Å². The van der Waals surface area contributed by atoms with Gasteiger partial charge >= 0.3 is 0 Å². The number of hydrogen-bond donors (Lipinski definition) is 2. The second kappa shape index (κ2) is 11.1. The zero-order valence-corrected chi connectivity index (χ0v) is 14.0. The van der Waals surface area contributed by atoms with Gasteiger partial charge in [-0.3, -0.25) is 4.79 Å². The Kier molecular flexibility index (Phi) is 10.8. The van der Waals surface area contributed by atoms with Crippen LogP contribution in [0.4, 0.5) is 0 Å². The van der Waals surface area contributed by atoms with Gasteiger partial charge in [0.2, 0.25) is 5.91 Å². The van der Waals surface area contributed by atoms with Crippen LogP contribution in [0.2, 0.25) is 0 Å². The van der Waals surface area contributed by atoms with Gasteiger partial charge in [-0.1, -0.05) is 58.3 Å². The highest BCUT2D eigenvalue weighted by Crippen LogP contribution is 2.12. The first-order valence-electron chi connectivity index (χ1n) is 8.39. The van der Waals surface area contributed by atoms with Gasteiger partial charge in [-0.2, -0.15) is 0 Å². The minimum absolute atomic E-state index is 0.0545. The molecule has 1 unspecified atom stereocenters. The molecule has 0 radical (unpaired) electrons. The fourth-order valence-corrected chi connectivity index (χ4v) is 2.12. The minimum Gasteiger partial charge on any atom is -0.391 e. The molecule has 0 saturated carbocycles. The number of unbranched alkanes of at least 4 members (excludes halogenated alkanes) is 8. The quantitative estimate of drug-likeness (QED) is 0.528. The first kappa shape index (κ1) is 19.4. The number of carbonyl (C=O) groups excluding carboxylic acids is 1. The van der Waals surface area contributed by atoms with E-state index in [0.717, 1.165) is 12.8 Å². The summed E-state index contributed by atoms with van der Waals surface area (Å²) in [5.74, 6) is 0.0545. The highest BCUT2D eigenvalue weighted by molar-refractivity contribution is 5.76. The molecule has 3 heteroatoms. The molecule has 0 fully saturated rings. The van der Waals surface area contributed by atoms with E-state index >= 15 is 0 Å². The van der Waals surface area contributed by atoms with Gasteiger partial charge in [-0.15, -0.1) is 0 Å². The largest absolute Gasteiger partial charge is 0.391 e. The maximum absolute atomic E-state index is 11.7. The lowest BCUT2D eigenvalue weighted by atomic mass is 9.98. The van der Waals surface area contributed by atoms with E-state index in [1.54, 1.807) is 6.92 Å². The summed E-state index contributed by atoms with van der Waals surface area (Å²) < 4.78 is 0. The molecule has 0 heterocycles. The number of nitrogens with one attached hydrogen (secondary N) is 1. The van der Waals surface area contributed by atoms with Crippen molar-refractivity contribution < 1.29 is 9.90 Å². The van der Waals surface area contributed by atoms with Gasteiger partial charge in [0.1, 0.15) is 0 Å². The molecule has 0 aromatic rings. The van der Waals surface area contributed by atoms with E-state index in [4.69, 9.17) is 0 Å². The lowest BCUT2D eigenvalue weighted by molar-refractivity contribution is -0.124. The Morgan fingerprint density at radius 1 is 1.00 bits per heavy atom. The lowest BCUT2D eigenvalue weighted by Gasteiger charge is -2.29. The van der Waals surface area contributed by atoms with Crippen molar-refractivity contribution in [1.82, 2.24) is 5.32 Å². The molecule has 1 amide bonds. The van der Waals surface area contributed by atoms with Crippen LogP contribution in [0.5, 0.6) is 0 Å². The molecule has 2 N–H and O–H groups in total. The molecule has 0 aromatic heterocycles. The van der Waals surface area contributed by atoms with Crippen molar-refractivity contribution in [1.29, 1.82) is 0 Å². The van der Waals surface area contributed by atoms with Crippen LogP contribution < -0.4 is 5.32 Å². The number of carbonyl (C=O) groups is 1. The van der Waals surface area contributed by atoms with Gasteiger partial charge in [-0.05, 0) is 27.2 Å². The third-order valence-corrected chi connectivity index (χ3v) is 4.01. The molecule has 1 atom stereocenters. The van der Waals surface area contributed by atoms with Gasteiger partial charge in [0, 0.05) is 6.42 Å². The van der Waals surface area contributed by atoms with Crippen molar-refractivity contribution in [3.05, 3.63) is 0 Å². The normalized spacial score (nSPS) is 13.2. The Morgan fingerprint density at radius 3 is 1.90 bits per heavy atom. The summed E-state index contributed by atoms with van der Waals surface area (Å²) in [5.41, 5.74) is -0.531. The second-order valence-corrected chi connectivity index (χ2v) is 6.52. The zero-order valence-electron chi connectivity index (χ0n) is 14.0. The molecule has 0 spiro atoms. The molecular formula is C17H35NO2. The fraction of sp³-hybridized carbons (Fsp3) is 0.941. The standard InChI is InChI=1S/C17H35NO2/c1-5-6-7-8-9-10-11-12-13-14-16(20)18-17(3,4)15(2)19/h15,19H,5-14H2,1-4H3,(H,18,20). The van der Waals surface area contributed by atoms with Crippen LogP contribution in [0.1, 0.15) is 91.9 Å². The lowest BCUT2D eigenvalue weighted by Crippen LogP contribution is -2.50. The van der Waals surface area contributed by atoms with E-state index in [-0.39, 0.29) is 5.91 Å². The molecular weight excluding hydrogens is 250 g/mol. The SMILES string of the molecule is CCCCCCCCCCCC(=O)NC(C)(C)C(C)O. The Morgan fingerprint density at radius 2 is 1.45 bits per heavy atom. The maximum atomic E-state index is 11.7. The minimum atomic E-state index is -0.533. The van der Waals surface area contributed by atoms with Gasteiger partial charge < -0.3 is 10.4 Å². The Bertz CT molecular complexity index is 249. The first-order chi connectivity index (χ1) is 9.40. The summed E-state index contributed by atoms with van der Waals surface area (Å²) >= 11 is 0. The molecule has 0 aliphatic rings. The zero-order chi connectivity index (χ0) is 15.4. The van der Waals surface area contributed by atoms with Gasteiger partial charge in [0.05, 0.1) is 11.6 Å². The summed E-state index contributed by atoms with van der Waals surface area (Å²) in [7, 11) is 0. The van der Waals surface area contributed by atoms with Crippen LogP contribution >= 0.6 is 0 Å². The Labute approximate surface area is 125 Å². The fourth-order valence-electron chi connectivity index (χ4n) is 2.12. The number of aliphatic hydroxyl groups is 1. The Balaban J connectivity index is 3.45. The molecule has 20 heavy (non-hydrogen) atoms. The maximum Gasteiger partial charge on any atom is 0.220 e. The van der Waals surface area contributed by atoms with Gasteiger partial charge in [0.15, 0.2) is 0 Å². The molecule has 0 saturated heterocycles. The molecule has 0 aliphatic carbocycles. The van der Waals surface area contributed by atoms with E-state index in [1.165, 1.54) is 44.9 Å². The molecule has 0 aliphatic heterocycles. The summed E-state index contributed by atoms with van der Waals surface area (Å²) in [4.78, 5) is 11.7. The average Bonchev–Trinajstić information content (AvgIpc) is 2.36. The van der Waals surface area contributed by atoms with Crippen LogP contribution in [0.25, 0.3) is 0 Å². The Hall–Kier alpha value is -0.570. The summed E-state index contributed by atoms with van der Waals surface area (Å²) in [5, 5.41) is 12.4. The van der Waals surface area contributed by atoms with Crippen molar-refractivity contribution >= 4 is 5.91 Å². The predicted molar refractivity (Wildman–Crippen MR) is 85.7 cm³/mol. The summed E-state index contributed by atoms with van der Waals surface area (Å²) in [6.45, 7) is 7.65. The predicted octanol–water partition coefficient (Wildman–Crippen LogP) is 4.18. The van der Waals surface area contributed by atoms with E-state index in [1.807, 2.05) is 13.8 Å². The first-order valence-corrected chi connectivity index (χ1v) is 8.39. The van der Waals surface area contributed by atoms with Gasteiger partial charge in [0.25, 0.3) is 0 Å². The molecule has 3 nitrogen and oxygen atoms in total.